The number of hydrogen-bond acceptors (Lipinski definition) is 6. The van der Waals surface area contributed by atoms with Crippen molar-refractivity contribution in [2.75, 3.05) is 33.1 Å². The molecule has 0 aliphatic rings. The molecule has 156 valence electrons. The highest BCUT2D eigenvalue weighted by atomic mass is 32.2. The standard InChI is InChI=1S/C20H24N2O6S/c1-13-8-14(2)10-15(9-13)20(24)28-12-19(23)21-16-6-7-17(27-5)18(11-16)29(25,26)22(3)4/h6-11H,12H2,1-5H3,(H,21,23). The number of nitrogens with one attached hydrogen (secondary N) is 1. The number of esters is 1. The van der Waals surface area contributed by atoms with E-state index in [1.165, 1.54) is 39.4 Å². The second-order valence-electron chi connectivity index (χ2n) is 6.65. The fourth-order valence-electron chi connectivity index (χ4n) is 2.66. The number of anilines is 1. The Hall–Kier alpha value is -2.91. The highest BCUT2D eigenvalue weighted by molar-refractivity contribution is 7.89. The number of benzene rings is 2. The van der Waals surface area contributed by atoms with Gasteiger partial charge < -0.3 is 14.8 Å². The van der Waals surface area contributed by atoms with E-state index in [-0.39, 0.29) is 16.3 Å². The van der Waals surface area contributed by atoms with E-state index in [0.717, 1.165) is 15.4 Å². The molecule has 0 saturated carbocycles. The third kappa shape index (κ3) is 5.55. The van der Waals surface area contributed by atoms with Crippen LogP contribution in [0.3, 0.4) is 0 Å². The van der Waals surface area contributed by atoms with Gasteiger partial charge in [-0.1, -0.05) is 17.2 Å². The molecular weight excluding hydrogens is 396 g/mol. The van der Waals surface area contributed by atoms with E-state index in [0.29, 0.717) is 5.56 Å². The third-order valence-electron chi connectivity index (χ3n) is 4.00. The number of nitrogens with zero attached hydrogens (tertiary/aromatic N) is 1. The van der Waals surface area contributed by atoms with Crippen molar-refractivity contribution in [1.82, 2.24) is 4.31 Å². The van der Waals surface area contributed by atoms with Gasteiger partial charge in [0, 0.05) is 19.8 Å². The largest absolute Gasteiger partial charge is 0.495 e. The molecule has 0 atom stereocenters. The maximum Gasteiger partial charge on any atom is 0.338 e. The van der Waals surface area contributed by atoms with Crippen molar-refractivity contribution in [3.8, 4) is 5.75 Å². The minimum Gasteiger partial charge on any atom is -0.495 e. The Morgan fingerprint density at radius 2 is 1.66 bits per heavy atom. The van der Waals surface area contributed by atoms with Crippen LogP contribution in [0.1, 0.15) is 21.5 Å². The van der Waals surface area contributed by atoms with E-state index in [9.17, 15) is 18.0 Å². The Labute approximate surface area is 170 Å². The zero-order valence-electron chi connectivity index (χ0n) is 17.0. The summed E-state index contributed by atoms with van der Waals surface area (Å²) in [6.45, 7) is 3.21. The molecule has 0 spiro atoms. The number of amides is 1. The molecule has 0 heterocycles. The molecule has 1 amide bonds. The molecule has 0 radical (unpaired) electrons. The Bertz CT molecular complexity index is 1010. The second-order valence-corrected chi connectivity index (χ2v) is 8.77. The van der Waals surface area contributed by atoms with Gasteiger partial charge in [-0.25, -0.2) is 17.5 Å². The lowest BCUT2D eigenvalue weighted by molar-refractivity contribution is -0.119. The number of sulfonamides is 1. The predicted octanol–water partition coefficient (Wildman–Crippen LogP) is 2.36. The smallest absolute Gasteiger partial charge is 0.338 e. The van der Waals surface area contributed by atoms with Crippen LogP contribution >= 0.6 is 0 Å². The summed E-state index contributed by atoms with van der Waals surface area (Å²) in [4.78, 5) is 24.2. The van der Waals surface area contributed by atoms with E-state index in [2.05, 4.69) is 5.32 Å². The first-order valence-corrected chi connectivity index (χ1v) is 10.1. The van der Waals surface area contributed by atoms with Gasteiger partial charge in [0.1, 0.15) is 10.6 Å². The summed E-state index contributed by atoms with van der Waals surface area (Å²) in [6.07, 6.45) is 0. The first-order valence-electron chi connectivity index (χ1n) is 8.70. The van der Waals surface area contributed by atoms with Gasteiger partial charge in [0.25, 0.3) is 5.91 Å². The van der Waals surface area contributed by atoms with Crippen LogP contribution in [0.4, 0.5) is 5.69 Å². The molecule has 0 aromatic heterocycles. The summed E-state index contributed by atoms with van der Waals surface area (Å²) in [5, 5.41) is 2.52. The van der Waals surface area contributed by atoms with Crippen LogP contribution < -0.4 is 10.1 Å². The summed E-state index contributed by atoms with van der Waals surface area (Å²) < 4.78 is 36.1. The SMILES string of the molecule is COc1ccc(NC(=O)COC(=O)c2cc(C)cc(C)c2)cc1S(=O)(=O)N(C)C. The molecule has 0 saturated heterocycles. The Morgan fingerprint density at radius 1 is 1.03 bits per heavy atom. The zero-order chi connectivity index (χ0) is 21.8. The van der Waals surface area contributed by atoms with Crippen LogP contribution in [0.25, 0.3) is 0 Å². The summed E-state index contributed by atoms with van der Waals surface area (Å²) in [5.74, 6) is -1.06. The molecule has 2 aromatic rings. The lowest BCUT2D eigenvalue weighted by atomic mass is 10.1. The summed E-state index contributed by atoms with van der Waals surface area (Å²) in [6, 6.07) is 9.50. The second kappa shape index (κ2) is 9.06. The molecule has 8 nitrogen and oxygen atoms in total. The lowest BCUT2D eigenvalue weighted by Gasteiger charge is -2.16. The van der Waals surface area contributed by atoms with Crippen molar-refractivity contribution in [2.45, 2.75) is 18.7 Å². The topological polar surface area (TPSA) is 102 Å². The number of carbonyl (C=O) groups excluding carboxylic acids is 2. The highest BCUT2D eigenvalue weighted by Gasteiger charge is 2.23. The number of aryl methyl sites for hydroxylation is 2. The summed E-state index contributed by atoms with van der Waals surface area (Å²) >= 11 is 0. The van der Waals surface area contributed by atoms with Crippen molar-refractivity contribution in [1.29, 1.82) is 0 Å². The van der Waals surface area contributed by atoms with Crippen molar-refractivity contribution in [3.63, 3.8) is 0 Å². The van der Waals surface area contributed by atoms with Gasteiger partial charge in [-0.05, 0) is 44.2 Å². The monoisotopic (exact) mass is 420 g/mol. The van der Waals surface area contributed by atoms with Crippen LogP contribution in [-0.4, -0.2) is 52.4 Å². The number of ether oxygens (including phenoxy) is 2. The molecule has 0 bridgehead atoms. The Kier molecular flexibility index (Phi) is 6.99. The molecular formula is C20H24N2O6S. The first kappa shape index (κ1) is 22.4. The maximum atomic E-state index is 12.4. The van der Waals surface area contributed by atoms with Crippen molar-refractivity contribution in [2.24, 2.45) is 0 Å². The molecule has 0 fully saturated rings. The number of methoxy groups -OCH3 is 1. The first-order chi connectivity index (χ1) is 13.5. The minimum atomic E-state index is -3.78. The third-order valence-corrected chi connectivity index (χ3v) is 5.83. The fraction of sp³-hybridized carbons (Fsp3) is 0.300. The van der Waals surface area contributed by atoms with Crippen LogP contribution in [-0.2, 0) is 19.6 Å². The predicted molar refractivity (Wildman–Crippen MR) is 109 cm³/mol. The quantitative estimate of drug-likeness (QED) is 0.690. The normalized spacial score (nSPS) is 11.2. The average molecular weight is 420 g/mol. The van der Waals surface area contributed by atoms with E-state index in [1.807, 2.05) is 19.9 Å². The van der Waals surface area contributed by atoms with E-state index in [4.69, 9.17) is 9.47 Å². The van der Waals surface area contributed by atoms with Crippen LogP contribution in [0.5, 0.6) is 5.75 Å². The molecule has 1 N–H and O–H groups in total. The van der Waals surface area contributed by atoms with E-state index < -0.39 is 28.5 Å². The summed E-state index contributed by atoms with van der Waals surface area (Å²) in [7, 11) is 0.370. The summed E-state index contributed by atoms with van der Waals surface area (Å²) in [5.41, 5.74) is 2.42. The molecule has 2 rings (SSSR count). The van der Waals surface area contributed by atoms with Gasteiger partial charge >= 0.3 is 5.97 Å². The van der Waals surface area contributed by atoms with Gasteiger partial charge in [0.15, 0.2) is 6.61 Å². The number of rotatable bonds is 7. The maximum absolute atomic E-state index is 12.4. The fourth-order valence-corrected chi connectivity index (χ4v) is 3.73. The van der Waals surface area contributed by atoms with Crippen molar-refractivity contribution in [3.05, 3.63) is 53.1 Å². The Morgan fingerprint density at radius 3 is 2.21 bits per heavy atom. The average Bonchev–Trinajstić information content (AvgIpc) is 2.65. The molecule has 0 aliphatic heterocycles. The molecule has 0 aliphatic carbocycles. The lowest BCUT2D eigenvalue weighted by Crippen LogP contribution is -2.24. The Balaban J connectivity index is 2.10. The van der Waals surface area contributed by atoms with Crippen molar-refractivity contribution >= 4 is 27.6 Å². The van der Waals surface area contributed by atoms with Crippen molar-refractivity contribution < 1.29 is 27.5 Å². The van der Waals surface area contributed by atoms with E-state index in [1.54, 1.807) is 12.1 Å². The van der Waals surface area contributed by atoms with Gasteiger partial charge in [-0.2, -0.15) is 0 Å². The number of carbonyl (C=O) groups is 2. The van der Waals surface area contributed by atoms with Gasteiger partial charge in [-0.15, -0.1) is 0 Å². The van der Waals surface area contributed by atoms with E-state index >= 15 is 0 Å². The van der Waals surface area contributed by atoms with Gasteiger partial charge in [-0.3, -0.25) is 4.79 Å². The van der Waals surface area contributed by atoms with Gasteiger partial charge in [0.2, 0.25) is 10.0 Å². The molecule has 2 aromatic carbocycles. The highest BCUT2D eigenvalue weighted by Crippen LogP contribution is 2.28. The zero-order valence-corrected chi connectivity index (χ0v) is 17.8. The molecule has 9 heteroatoms. The van der Waals surface area contributed by atoms with Crippen LogP contribution in [0.2, 0.25) is 0 Å². The number of hydrogen-bond donors (Lipinski definition) is 1. The van der Waals surface area contributed by atoms with Gasteiger partial charge in [0.05, 0.1) is 12.7 Å². The molecule has 0 unspecified atom stereocenters. The van der Waals surface area contributed by atoms with Crippen LogP contribution in [0.15, 0.2) is 41.3 Å². The van der Waals surface area contributed by atoms with Crippen LogP contribution in [0, 0.1) is 13.8 Å². The minimum absolute atomic E-state index is 0.0879. The molecule has 29 heavy (non-hydrogen) atoms.